The molecule has 2 heterocycles. The van der Waals surface area contributed by atoms with Gasteiger partial charge in [0, 0.05) is 19.2 Å². The van der Waals surface area contributed by atoms with Gasteiger partial charge in [-0.25, -0.2) is 18.2 Å². The number of carbonyl (C=O) groups excluding carboxylic acids is 2. The lowest BCUT2D eigenvalue weighted by Crippen LogP contribution is -2.31. The fraction of sp³-hybridized carbons (Fsp3) is 0.348. The number of rotatable bonds is 7. The molecule has 1 saturated heterocycles. The van der Waals surface area contributed by atoms with Crippen molar-refractivity contribution < 1.29 is 22.7 Å². The maximum atomic E-state index is 12.8. The molecule has 1 aromatic heterocycles. The van der Waals surface area contributed by atoms with Gasteiger partial charge in [-0.2, -0.15) is 4.31 Å². The number of aryl methyl sites for hydroxylation is 1. The minimum atomic E-state index is -3.53. The molecule has 8 nitrogen and oxygen atoms in total. The Morgan fingerprint density at radius 1 is 1.09 bits per heavy atom. The van der Waals surface area contributed by atoms with E-state index in [9.17, 15) is 18.0 Å². The summed E-state index contributed by atoms with van der Waals surface area (Å²) >= 11 is 11.9. The Morgan fingerprint density at radius 2 is 1.74 bits per heavy atom. The number of aromatic nitrogens is 1. The lowest BCUT2D eigenvalue weighted by Gasteiger charge is -2.19. The number of carbonyl (C=O) groups is 2. The molecule has 0 bridgehead atoms. The summed E-state index contributed by atoms with van der Waals surface area (Å²) in [7, 11) is -3.53. The number of nitrogens with one attached hydrogen (secondary N) is 1. The molecule has 0 aliphatic carbocycles. The Balaban J connectivity index is 1.52. The number of benzene rings is 1. The highest BCUT2D eigenvalue weighted by Gasteiger charge is 2.24. The molecule has 0 unspecified atom stereocenters. The number of pyridine rings is 1. The van der Waals surface area contributed by atoms with Gasteiger partial charge in [-0.05, 0) is 49.6 Å². The van der Waals surface area contributed by atoms with Crippen LogP contribution in [-0.2, 0) is 24.3 Å². The average Bonchev–Trinajstić information content (AvgIpc) is 3.10. The van der Waals surface area contributed by atoms with Gasteiger partial charge in [0.2, 0.25) is 10.0 Å². The van der Waals surface area contributed by atoms with Crippen LogP contribution in [0.25, 0.3) is 6.08 Å². The van der Waals surface area contributed by atoms with Crippen LogP contribution in [0, 0.1) is 6.92 Å². The highest BCUT2D eigenvalue weighted by Crippen LogP contribution is 2.25. The molecule has 1 amide bonds. The molecule has 1 aliphatic rings. The number of anilines is 1. The van der Waals surface area contributed by atoms with E-state index in [1.165, 1.54) is 28.6 Å². The lowest BCUT2D eigenvalue weighted by molar-refractivity contribution is -0.142. The number of ether oxygens (including phenoxy) is 1. The Kier molecular flexibility index (Phi) is 9.07. The quantitative estimate of drug-likeness (QED) is 0.422. The van der Waals surface area contributed by atoms with Crippen LogP contribution in [0.4, 0.5) is 5.82 Å². The van der Waals surface area contributed by atoms with Crippen molar-refractivity contribution in [3.63, 3.8) is 0 Å². The molecule has 11 heteroatoms. The van der Waals surface area contributed by atoms with Crippen LogP contribution in [0.5, 0.6) is 0 Å². The molecule has 34 heavy (non-hydrogen) atoms. The first-order valence-electron chi connectivity index (χ1n) is 10.7. The number of sulfonamides is 1. The summed E-state index contributed by atoms with van der Waals surface area (Å²) in [6, 6.07) is 7.71. The molecule has 1 aromatic carbocycles. The number of esters is 1. The van der Waals surface area contributed by atoms with Crippen LogP contribution in [-0.4, -0.2) is 49.3 Å². The largest absolute Gasteiger partial charge is 0.452 e. The van der Waals surface area contributed by atoms with E-state index in [2.05, 4.69) is 10.3 Å². The Hall–Kier alpha value is -2.46. The fourth-order valence-corrected chi connectivity index (χ4v) is 5.27. The van der Waals surface area contributed by atoms with Crippen LogP contribution in [0.3, 0.4) is 0 Å². The van der Waals surface area contributed by atoms with Gasteiger partial charge >= 0.3 is 5.97 Å². The summed E-state index contributed by atoms with van der Waals surface area (Å²) in [6.07, 6.45) is 6.44. The third-order valence-electron chi connectivity index (χ3n) is 5.20. The highest BCUT2D eigenvalue weighted by atomic mass is 35.5. The summed E-state index contributed by atoms with van der Waals surface area (Å²) < 4.78 is 32.1. The molecular formula is C23H25Cl2N3O5S. The van der Waals surface area contributed by atoms with E-state index in [1.54, 1.807) is 19.1 Å². The van der Waals surface area contributed by atoms with Gasteiger partial charge in [0.15, 0.2) is 12.4 Å². The van der Waals surface area contributed by atoms with Gasteiger partial charge in [0.05, 0.1) is 20.6 Å². The predicted molar refractivity (Wildman–Crippen MR) is 131 cm³/mol. The van der Waals surface area contributed by atoms with Crippen LogP contribution >= 0.6 is 23.2 Å². The zero-order chi connectivity index (χ0) is 24.7. The van der Waals surface area contributed by atoms with E-state index in [4.69, 9.17) is 27.9 Å². The van der Waals surface area contributed by atoms with Crippen molar-refractivity contribution in [1.29, 1.82) is 0 Å². The fourth-order valence-electron chi connectivity index (χ4n) is 3.35. The highest BCUT2D eigenvalue weighted by molar-refractivity contribution is 7.89. The van der Waals surface area contributed by atoms with Gasteiger partial charge in [0.25, 0.3) is 5.91 Å². The maximum Gasteiger partial charge on any atom is 0.331 e. The predicted octanol–water partition coefficient (Wildman–Crippen LogP) is 4.46. The molecule has 1 aliphatic heterocycles. The van der Waals surface area contributed by atoms with Crippen molar-refractivity contribution in [2.45, 2.75) is 37.5 Å². The molecule has 0 radical (unpaired) electrons. The second kappa shape index (κ2) is 11.8. The second-order valence-corrected chi connectivity index (χ2v) is 10.5. The zero-order valence-electron chi connectivity index (χ0n) is 18.6. The molecular weight excluding hydrogens is 501 g/mol. The second-order valence-electron chi connectivity index (χ2n) is 7.76. The summed E-state index contributed by atoms with van der Waals surface area (Å²) in [5, 5.41) is 2.99. The Bertz CT molecular complexity index is 1180. The summed E-state index contributed by atoms with van der Waals surface area (Å²) in [5.74, 6) is -1.22. The number of halogens is 2. The number of hydrogen-bond donors (Lipinski definition) is 1. The Labute approximate surface area is 209 Å². The van der Waals surface area contributed by atoms with E-state index in [0.717, 1.165) is 31.8 Å². The summed E-state index contributed by atoms with van der Waals surface area (Å²) in [5.41, 5.74) is 1.11. The molecule has 0 saturated carbocycles. The van der Waals surface area contributed by atoms with E-state index in [0.29, 0.717) is 29.4 Å². The molecule has 182 valence electrons. The van der Waals surface area contributed by atoms with Crippen molar-refractivity contribution in [3.05, 3.63) is 57.7 Å². The van der Waals surface area contributed by atoms with E-state index >= 15 is 0 Å². The normalized spacial score (nSPS) is 15.1. The average molecular weight is 526 g/mol. The van der Waals surface area contributed by atoms with Crippen LogP contribution < -0.4 is 5.32 Å². The molecule has 0 atom stereocenters. The summed E-state index contributed by atoms with van der Waals surface area (Å²) in [4.78, 5) is 28.3. The first-order valence-corrected chi connectivity index (χ1v) is 12.9. The first kappa shape index (κ1) is 26.2. The van der Waals surface area contributed by atoms with Crippen LogP contribution in [0.15, 0.2) is 41.3 Å². The van der Waals surface area contributed by atoms with Gasteiger partial charge in [-0.1, -0.05) is 48.2 Å². The van der Waals surface area contributed by atoms with E-state index < -0.39 is 28.5 Å². The van der Waals surface area contributed by atoms with Crippen molar-refractivity contribution in [3.8, 4) is 0 Å². The minimum Gasteiger partial charge on any atom is -0.452 e. The van der Waals surface area contributed by atoms with Crippen LogP contribution in [0.1, 0.15) is 36.9 Å². The van der Waals surface area contributed by atoms with E-state index in [-0.39, 0.29) is 15.7 Å². The van der Waals surface area contributed by atoms with Crippen molar-refractivity contribution in [1.82, 2.24) is 9.29 Å². The first-order chi connectivity index (χ1) is 16.2. The maximum absolute atomic E-state index is 12.8. The van der Waals surface area contributed by atoms with Gasteiger partial charge in [0.1, 0.15) is 0 Å². The van der Waals surface area contributed by atoms with Crippen LogP contribution in [0.2, 0.25) is 10.0 Å². The Morgan fingerprint density at radius 3 is 2.38 bits per heavy atom. The third kappa shape index (κ3) is 7.02. The topological polar surface area (TPSA) is 106 Å². The monoisotopic (exact) mass is 525 g/mol. The molecule has 3 rings (SSSR count). The molecule has 1 N–H and O–H groups in total. The smallest absolute Gasteiger partial charge is 0.331 e. The minimum absolute atomic E-state index is 0.121. The van der Waals surface area contributed by atoms with Gasteiger partial charge in [-0.3, -0.25) is 4.79 Å². The third-order valence-corrected chi connectivity index (χ3v) is 7.79. The number of nitrogens with zero attached hydrogens (tertiary/aromatic N) is 2. The van der Waals surface area contributed by atoms with Crippen molar-refractivity contribution >= 4 is 57.0 Å². The van der Waals surface area contributed by atoms with Gasteiger partial charge in [-0.15, -0.1) is 0 Å². The summed E-state index contributed by atoms with van der Waals surface area (Å²) in [6.45, 7) is 2.19. The van der Waals surface area contributed by atoms with Crippen molar-refractivity contribution in [2.24, 2.45) is 0 Å². The molecule has 0 spiro atoms. The lowest BCUT2D eigenvalue weighted by atomic mass is 10.2. The van der Waals surface area contributed by atoms with Crippen molar-refractivity contribution in [2.75, 3.05) is 25.0 Å². The standard InChI is InChI=1S/C23H25Cl2N3O5S/c1-16-19(24)14-20(25)23(26-16)27-21(29)15-33-22(30)11-8-17-6-9-18(10-7-17)34(31,32)28-12-4-2-3-5-13-28/h6-11,14H,2-5,12-13,15H2,1H3,(H,26,27,29)/b11-8+. The molecule has 1 fully saturated rings. The number of hydrogen-bond acceptors (Lipinski definition) is 6. The van der Waals surface area contributed by atoms with Gasteiger partial charge < -0.3 is 10.1 Å². The number of amides is 1. The van der Waals surface area contributed by atoms with E-state index in [1.807, 2.05) is 0 Å². The zero-order valence-corrected chi connectivity index (χ0v) is 20.9. The molecule has 2 aromatic rings. The SMILES string of the molecule is Cc1nc(NC(=O)COC(=O)/C=C/c2ccc(S(=O)(=O)N3CCCCCC3)cc2)c(Cl)cc1Cl.